The van der Waals surface area contributed by atoms with Gasteiger partial charge in [-0.25, -0.2) is 12.8 Å². The number of thioether (sulfide) groups is 1. The average Bonchev–Trinajstić information content (AvgIpc) is 2.95. The Balaban J connectivity index is 2.14. The van der Waals surface area contributed by atoms with Gasteiger partial charge in [-0.2, -0.15) is 21.6 Å². The van der Waals surface area contributed by atoms with Crippen LogP contribution in [0.1, 0.15) is 12.2 Å². The van der Waals surface area contributed by atoms with Gasteiger partial charge in [-0.3, -0.25) is 9.89 Å². The highest BCUT2D eigenvalue weighted by Gasteiger charge is 2.27. The summed E-state index contributed by atoms with van der Waals surface area (Å²) in [4.78, 5) is 12.0. The molecule has 0 fully saturated rings. The Morgan fingerprint density at radius 1 is 1.44 bits per heavy atom. The Labute approximate surface area is 166 Å². The second-order valence-corrected chi connectivity index (χ2v) is 8.66. The summed E-state index contributed by atoms with van der Waals surface area (Å²) in [5.74, 6) is -0.368. The molecule has 8 nitrogen and oxygen atoms in total. The molecule has 0 aliphatic rings. The maximum atomic E-state index is 13.9. The van der Waals surface area contributed by atoms with Crippen LogP contribution < -0.4 is 10.0 Å². The third kappa shape index (κ3) is 5.61. The van der Waals surface area contributed by atoms with E-state index in [1.54, 1.807) is 11.6 Å². The molecule has 2 rings (SSSR count). The van der Waals surface area contributed by atoms with Crippen molar-refractivity contribution in [2.75, 3.05) is 12.0 Å². The van der Waals surface area contributed by atoms with E-state index in [1.807, 2.05) is 6.26 Å². The minimum absolute atomic E-state index is 0.0691. The standard InChI is InChI=1S/C15H20FN5O3S3/c1-21-13(18-19-15(21)25)9-17-14(22)11(7-8-26-2)20-27(23,24)12-6-4-3-5-10(12)16/h3-6,11,20H,7-9H2,1-2H3,(H,17,22)(H,19,25). The first kappa shape index (κ1) is 21.5. The highest BCUT2D eigenvalue weighted by Crippen LogP contribution is 2.15. The molecule has 0 bridgehead atoms. The van der Waals surface area contributed by atoms with Gasteiger partial charge >= 0.3 is 0 Å². The molecule has 1 aromatic heterocycles. The number of hydrogen-bond acceptors (Lipinski definition) is 6. The van der Waals surface area contributed by atoms with Crippen LogP contribution in [-0.2, 0) is 28.4 Å². The number of nitrogens with one attached hydrogen (secondary N) is 3. The number of nitrogens with zero attached hydrogens (tertiary/aromatic N) is 2. The molecule has 2 aromatic rings. The van der Waals surface area contributed by atoms with Crippen LogP contribution in [0, 0.1) is 10.6 Å². The predicted octanol–water partition coefficient (Wildman–Crippen LogP) is 1.33. The number of carbonyl (C=O) groups is 1. The van der Waals surface area contributed by atoms with Crippen LogP contribution in [0.4, 0.5) is 4.39 Å². The number of H-pyrrole nitrogens is 1. The Kier molecular flexibility index (Phi) is 7.53. The number of carbonyl (C=O) groups excluding carboxylic acids is 1. The van der Waals surface area contributed by atoms with Gasteiger partial charge in [-0.05, 0) is 42.8 Å². The van der Waals surface area contributed by atoms with E-state index in [0.717, 1.165) is 12.1 Å². The number of sulfonamides is 1. The second-order valence-electron chi connectivity index (χ2n) is 5.61. The van der Waals surface area contributed by atoms with Gasteiger partial charge in [-0.1, -0.05) is 12.1 Å². The van der Waals surface area contributed by atoms with Gasteiger partial charge in [0.25, 0.3) is 0 Å². The molecule has 0 saturated carbocycles. The summed E-state index contributed by atoms with van der Waals surface area (Å²) < 4.78 is 43.1. The van der Waals surface area contributed by atoms with E-state index < -0.39 is 32.7 Å². The van der Waals surface area contributed by atoms with Crippen molar-refractivity contribution in [2.24, 2.45) is 7.05 Å². The largest absolute Gasteiger partial charge is 0.347 e. The summed E-state index contributed by atoms with van der Waals surface area (Å²) in [5, 5.41) is 9.21. The highest BCUT2D eigenvalue weighted by atomic mass is 32.2. The van der Waals surface area contributed by atoms with E-state index in [2.05, 4.69) is 20.2 Å². The Hall–Kier alpha value is -1.76. The van der Waals surface area contributed by atoms with Gasteiger partial charge in [0.15, 0.2) is 10.6 Å². The minimum atomic E-state index is -4.19. The SMILES string of the molecule is CSCCC(NS(=O)(=O)c1ccccc1F)C(=O)NCc1n[nH]c(=S)n1C. The molecule has 1 aromatic carbocycles. The number of rotatable bonds is 9. The smallest absolute Gasteiger partial charge is 0.244 e. The number of amides is 1. The molecule has 1 heterocycles. The molecule has 0 aliphatic carbocycles. The average molecular weight is 434 g/mol. The zero-order valence-electron chi connectivity index (χ0n) is 14.7. The van der Waals surface area contributed by atoms with Crippen LogP contribution in [0.3, 0.4) is 0 Å². The number of aromatic nitrogens is 3. The zero-order valence-corrected chi connectivity index (χ0v) is 17.2. The number of benzene rings is 1. The lowest BCUT2D eigenvalue weighted by Gasteiger charge is -2.18. The fourth-order valence-electron chi connectivity index (χ4n) is 2.22. The van der Waals surface area contributed by atoms with Crippen molar-refractivity contribution in [3.05, 3.63) is 40.7 Å². The first-order valence-corrected chi connectivity index (χ1v) is 11.2. The summed E-state index contributed by atoms with van der Waals surface area (Å²) in [6, 6.07) is 3.96. The van der Waals surface area contributed by atoms with Gasteiger partial charge in [0, 0.05) is 7.05 Å². The quantitative estimate of drug-likeness (QED) is 0.515. The minimum Gasteiger partial charge on any atom is -0.347 e. The molecule has 0 spiro atoms. The summed E-state index contributed by atoms with van der Waals surface area (Å²) in [6.07, 6.45) is 2.09. The third-order valence-corrected chi connectivity index (χ3v) is 6.26. The number of hydrogen-bond donors (Lipinski definition) is 3. The Morgan fingerprint density at radius 2 is 2.15 bits per heavy atom. The molecule has 1 unspecified atom stereocenters. The summed E-state index contributed by atoms with van der Waals surface area (Å²) in [5.41, 5.74) is 0. The van der Waals surface area contributed by atoms with Gasteiger partial charge < -0.3 is 9.88 Å². The van der Waals surface area contributed by atoms with E-state index in [0.29, 0.717) is 16.3 Å². The molecule has 1 atom stereocenters. The molecular weight excluding hydrogens is 413 g/mol. The third-order valence-electron chi connectivity index (χ3n) is 3.74. The van der Waals surface area contributed by atoms with Gasteiger partial charge in [0.1, 0.15) is 16.8 Å². The lowest BCUT2D eigenvalue weighted by molar-refractivity contribution is -0.123. The summed E-state index contributed by atoms with van der Waals surface area (Å²) >= 11 is 6.47. The molecule has 148 valence electrons. The van der Waals surface area contributed by atoms with E-state index in [9.17, 15) is 17.6 Å². The van der Waals surface area contributed by atoms with Crippen molar-refractivity contribution in [3.63, 3.8) is 0 Å². The van der Waals surface area contributed by atoms with Crippen LogP contribution in [-0.4, -0.2) is 47.1 Å². The maximum absolute atomic E-state index is 13.9. The number of halogens is 1. The van der Waals surface area contributed by atoms with Crippen LogP contribution in [0.15, 0.2) is 29.2 Å². The van der Waals surface area contributed by atoms with Crippen molar-refractivity contribution in [1.29, 1.82) is 0 Å². The van der Waals surface area contributed by atoms with Crippen molar-refractivity contribution in [3.8, 4) is 0 Å². The molecule has 0 radical (unpaired) electrons. The zero-order chi connectivity index (χ0) is 20.0. The predicted molar refractivity (Wildman–Crippen MR) is 104 cm³/mol. The van der Waals surface area contributed by atoms with Crippen molar-refractivity contribution in [2.45, 2.75) is 23.9 Å². The van der Waals surface area contributed by atoms with Crippen molar-refractivity contribution < 1.29 is 17.6 Å². The summed E-state index contributed by atoms with van der Waals surface area (Å²) in [6.45, 7) is 0.0691. The maximum Gasteiger partial charge on any atom is 0.244 e. The normalized spacial score (nSPS) is 12.7. The summed E-state index contributed by atoms with van der Waals surface area (Å²) in [7, 11) is -2.50. The van der Waals surface area contributed by atoms with Crippen LogP contribution >= 0.6 is 24.0 Å². The number of aromatic amines is 1. The van der Waals surface area contributed by atoms with Crippen molar-refractivity contribution in [1.82, 2.24) is 24.8 Å². The van der Waals surface area contributed by atoms with Gasteiger partial charge in [0.05, 0.1) is 6.54 Å². The van der Waals surface area contributed by atoms with E-state index in [1.165, 1.54) is 23.9 Å². The molecule has 12 heteroatoms. The monoisotopic (exact) mass is 433 g/mol. The Bertz CT molecular complexity index is 958. The molecule has 3 N–H and O–H groups in total. The molecule has 27 heavy (non-hydrogen) atoms. The van der Waals surface area contributed by atoms with E-state index >= 15 is 0 Å². The molecule has 0 saturated heterocycles. The van der Waals surface area contributed by atoms with Gasteiger partial charge in [-0.15, -0.1) is 0 Å². The Morgan fingerprint density at radius 3 is 2.74 bits per heavy atom. The topological polar surface area (TPSA) is 109 Å². The van der Waals surface area contributed by atoms with E-state index in [4.69, 9.17) is 12.2 Å². The van der Waals surface area contributed by atoms with Crippen molar-refractivity contribution >= 4 is 39.9 Å². The van der Waals surface area contributed by atoms with Gasteiger partial charge in [0.2, 0.25) is 15.9 Å². The molecule has 1 amide bonds. The van der Waals surface area contributed by atoms with Crippen LogP contribution in [0.5, 0.6) is 0 Å². The second kappa shape index (κ2) is 9.44. The first-order valence-electron chi connectivity index (χ1n) is 7.90. The highest BCUT2D eigenvalue weighted by molar-refractivity contribution is 7.98. The van der Waals surface area contributed by atoms with Crippen LogP contribution in [0.25, 0.3) is 0 Å². The molecular formula is C15H20FN5O3S3. The fourth-order valence-corrected chi connectivity index (χ4v) is 4.15. The lowest BCUT2D eigenvalue weighted by atomic mass is 10.2. The molecule has 0 aliphatic heterocycles. The van der Waals surface area contributed by atoms with E-state index in [-0.39, 0.29) is 13.0 Å². The fraction of sp³-hybridized carbons (Fsp3) is 0.400. The lowest BCUT2D eigenvalue weighted by Crippen LogP contribution is -2.47. The van der Waals surface area contributed by atoms with Crippen LogP contribution in [0.2, 0.25) is 0 Å². The first-order chi connectivity index (χ1) is 12.8.